The molecule has 2 heterocycles. The van der Waals surface area contributed by atoms with Crippen LogP contribution in [0.15, 0.2) is 76.4 Å². The highest BCUT2D eigenvalue weighted by atomic mass is 32.2. The summed E-state index contributed by atoms with van der Waals surface area (Å²) in [5.74, 6) is 1.03. The Kier molecular flexibility index (Phi) is 5.11. The predicted molar refractivity (Wildman–Crippen MR) is 104 cm³/mol. The number of aromatic nitrogens is 3. The summed E-state index contributed by atoms with van der Waals surface area (Å²) in [5, 5.41) is 9.73. The summed E-state index contributed by atoms with van der Waals surface area (Å²) >= 11 is 1.41. The summed E-state index contributed by atoms with van der Waals surface area (Å²) in [6.07, 6.45) is 1.76. The number of thioether (sulfide) groups is 1. The van der Waals surface area contributed by atoms with Gasteiger partial charge in [-0.15, -0.1) is 0 Å². The van der Waals surface area contributed by atoms with Crippen molar-refractivity contribution in [3.8, 4) is 11.4 Å². The average molecular weight is 376 g/mol. The highest BCUT2D eigenvalue weighted by Gasteiger charge is 2.11. The van der Waals surface area contributed by atoms with Gasteiger partial charge in [-0.1, -0.05) is 71.5 Å². The first-order chi connectivity index (χ1) is 13.3. The Morgan fingerprint density at radius 3 is 2.74 bits per heavy atom. The first-order valence-electron chi connectivity index (χ1n) is 8.41. The quantitative estimate of drug-likeness (QED) is 0.517. The molecule has 1 amide bonds. The minimum Gasteiger partial charge on any atom is -0.346 e. The van der Waals surface area contributed by atoms with E-state index in [1.165, 1.54) is 11.8 Å². The fraction of sp³-hybridized carbons (Fsp3) is 0.100. The lowest BCUT2D eigenvalue weighted by atomic mass is 10.2. The first kappa shape index (κ1) is 17.2. The van der Waals surface area contributed by atoms with Crippen LogP contribution in [-0.2, 0) is 11.3 Å². The molecule has 0 bridgehead atoms. The zero-order valence-electron chi connectivity index (χ0n) is 14.3. The van der Waals surface area contributed by atoms with Crippen LogP contribution in [0.2, 0.25) is 0 Å². The van der Waals surface area contributed by atoms with Gasteiger partial charge in [0.2, 0.25) is 17.6 Å². The number of rotatable bonds is 6. The lowest BCUT2D eigenvalue weighted by Gasteiger charge is -2.05. The van der Waals surface area contributed by atoms with Crippen molar-refractivity contribution < 1.29 is 9.32 Å². The summed E-state index contributed by atoms with van der Waals surface area (Å²) in [5.41, 5.74) is 0.872. The number of carbonyl (C=O) groups is 1. The van der Waals surface area contributed by atoms with E-state index in [1.54, 1.807) is 6.20 Å². The van der Waals surface area contributed by atoms with Gasteiger partial charge in [0.1, 0.15) is 5.03 Å². The molecule has 0 saturated heterocycles. The van der Waals surface area contributed by atoms with Gasteiger partial charge in [-0.05, 0) is 11.5 Å². The third-order valence-electron chi connectivity index (χ3n) is 3.91. The maximum Gasteiger partial charge on any atom is 0.246 e. The Morgan fingerprint density at radius 2 is 1.85 bits per heavy atom. The van der Waals surface area contributed by atoms with Gasteiger partial charge in [0, 0.05) is 17.1 Å². The summed E-state index contributed by atoms with van der Waals surface area (Å²) in [7, 11) is 0. The number of pyridine rings is 1. The molecule has 0 atom stereocenters. The summed E-state index contributed by atoms with van der Waals surface area (Å²) in [6, 6.07) is 19.5. The number of amides is 1. The second-order valence-corrected chi connectivity index (χ2v) is 6.74. The third-order valence-corrected chi connectivity index (χ3v) is 4.92. The smallest absolute Gasteiger partial charge is 0.246 e. The van der Waals surface area contributed by atoms with Gasteiger partial charge in [0.25, 0.3) is 0 Å². The number of hydrogen-bond donors (Lipinski definition) is 1. The summed E-state index contributed by atoms with van der Waals surface area (Å²) in [4.78, 5) is 20.8. The Morgan fingerprint density at radius 1 is 1.04 bits per heavy atom. The second-order valence-electron chi connectivity index (χ2n) is 5.78. The maximum absolute atomic E-state index is 12.2. The van der Waals surface area contributed by atoms with Crippen molar-refractivity contribution in [2.75, 3.05) is 5.75 Å². The van der Waals surface area contributed by atoms with E-state index in [1.807, 2.05) is 60.7 Å². The molecule has 0 aliphatic carbocycles. The van der Waals surface area contributed by atoms with Crippen LogP contribution in [0.25, 0.3) is 22.2 Å². The van der Waals surface area contributed by atoms with Gasteiger partial charge in [-0.3, -0.25) is 4.79 Å². The molecule has 6 nitrogen and oxygen atoms in total. The Labute approximate surface area is 160 Å². The van der Waals surface area contributed by atoms with Crippen LogP contribution in [0, 0.1) is 0 Å². The van der Waals surface area contributed by atoms with E-state index in [4.69, 9.17) is 4.52 Å². The van der Waals surface area contributed by atoms with E-state index in [0.29, 0.717) is 11.7 Å². The standard InChI is InChI=1S/C20H16N4O2S/c25-17(13-27-20-16-9-5-4-6-14(16)10-11-21-20)22-12-18-23-19(24-26-18)15-7-2-1-3-8-15/h1-11H,12-13H2,(H,22,25). The average Bonchev–Trinajstić information content (AvgIpc) is 3.20. The van der Waals surface area contributed by atoms with Crippen molar-refractivity contribution in [2.24, 2.45) is 0 Å². The van der Waals surface area contributed by atoms with E-state index in [9.17, 15) is 4.79 Å². The lowest BCUT2D eigenvalue weighted by molar-refractivity contribution is -0.118. The van der Waals surface area contributed by atoms with Gasteiger partial charge >= 0.3 is 0 Å². The molecule has 0 spiro atoms. The molecule has 0 unspecified atom stereocenters. The molecule has 0 radical (unpaired) electrons. The van der Waals surface area contributed by atoms with E-state index < -0.39 is 0 Å². The van der Waals surface area contributed by atoms with Gasteiger partial charge < -0.3 is 9.84 Å². The molecular weight excluding hydrogens is 360 g/mol. The Hall–Kier alpha value is -3.19. The number of benzene rings is 2. The van der Waals surface area contributed by atoms with Gasteiger partial charge in [-0.2, -0.15) is 4.98 Å². The van der Waals surface area contributed by atoms with E-state index in [0.717, 1.165) is 21.4 Å². The van der Waals surface area contributed by atoms with Gasteiger partial charge in [0.15, 0.2) is 0 Å². The molecule has 7 heteroatoms. The van der Waals surface area contributed by atoms with Crippen LogP contribution in [0.4, 0.5) is 0 Å². The Balaban J connectivity index is 1.33. The zero-order chi connectivity index (χ0) is 18.5. The van der Waals surface area contributed by atoms with Crippen molar-refractivity contribution in [1.82, 2.24) is 20.4 Å². The molecule has 134 valence electrons. The minimum atomic E-state index is -0.116. The van der Waals surface area contributed by atoms with Gasteiger partial charge in [-0.25, -0.2) is 4.98 Å². The van der Waals surface area contributed by atoms with E-state index >= 15 is 0 Å². The largest absolute Gasteiger partial charge is 0.346 e. The summed E-state index contributed by atoms with van der Waals surface area (Å²) < 4.78 is 5.19. The topological polar surface area (TPSA) is 80.9 Å². The van der Waals surface area contributed by atoms with Crippen molar-refractivity contribution in [1.29, 1.82) is 0 Å². The highest BCUT2D eigenvalue weighted by molar-refractivity contribution is 8.00. The van der Waals surface area contributed by atoms with E-state index in [-0.39, 0.29) is 18.2 Å². The predicted octanol–water partition coefficient (Wildman–Crippen LogP) is 3.69. The lowest BCUT2D eigenvalue weighted by Crippen LogP contribution is -2.24. The van der Waals surface area contributed by atoms with Crippen molar-refractivity contribution in [2.45, 2.75) is 11.6 Å². The molecule has 0 saturated carbocycles. The third kappa shape index (κ3) is 4.15. The van der Waals surface area contributed by atoms with Crippen LogP contribution < -0.4 is 5.32 Å². The fourth-order valence-corrected chi connectivity index (χ4v) is 3.44. The number of nitrogens with one attached hydrogen (secondary N) is 1. The van der Waals surface area contributed by atoms with Crippen LogP contribution in [0.1, 0.15) is 5.89 Å². The van der Waals surface area contributed by atoms with E-state index in [2.05, 4.69) is 20.4 Å². The maximum atomic E-state index is 12.2. The zero-order valence-corrected chi connectivity index (χ0v) is 15.1. The van der Waals surface area contributed by atoms with Crippen LogP contribution in [0.5, 0.6) is 0 Å². The number of nitrogens with zero attached hydrogens (tertiary/aromatic N) is 3. The molecule has 2 aromatic heterocycles. The second kappa shape index (κ2) is 8.01. The summed E-state index contributed by atoms with van der Waals surface area (Å²) in [6.45, 7) is 0.197. The molecule has 2 aromatic carbocycles. The molecule has 0 fully saturated rings. The van der Waals surface area contributed by atoms with Crippen LogP contribution in [-0.4, -0.2) is 26.8 Å². The molecule has 4 rings (SSSR count). The fourth-order valence-electron chi connectivity index (χ4n) is 2.60. The minimum absolute atomic E-state index is 0.116. The molecule has 27 heavy (non-hydrogen) atoms. The van der Waals surface area contributed by atoms with Crippen molar-refractivity contribution >= 4 is 28.4 Å². The van der Waals surface area contributed by atoms with Crippen LogP contribution in [0.3, 0.4) is 0 Å². The molecule has 0 aliphatic rings. The normalized spacial score (nSPS) is 10.8. The molecule has 1 N–H and O–H groups in total. The molecule has 4 aromatic rings. The highest BCUT2D eigenvalue weighted by Crippen LogP contribution is 2.25. The number of fused-ring (bicyclic) bond motifs is 1. The Bertz CT molecular complexity index is 1060. The van der Waals surface area contributed by atoms with Crippen molar-refractivity contribution in [3.05, 3.63) is 72.8 Å². The molecular formula is C20H16N4O2S. The number of hydrogen-bond acceptors (Lipinski definition) is 6. The number of carbonyl (C=O) groups excluding carboxylic acids is 1. The monoisotopic (exact) mass is 376 g/mol. The first-order valence-corrected chi connectivity index (χ1v) is 9.39. The molecule has 0 aliphatic heterocycles. The van der Waals surface area contributed by atoms with Gasteiger partial charge in [0.05, 0.1) is 12.3 Å². The van der Waals surface area contributed by atoms with Crippen molar-refractivity contribution in [3.63, 3.8) is 0 Å². The van der Waals surface area contributed by atoms with Crippen LogP contribution >= 0.6 is 11.8 Å². The SMILES string of the molecule is O=C(CSc1nccc2ccccc12)NCc1nc(-c2ccccc2)no1.